The summed E-state index contributed by atoms with van der Waals surface area (Å²) in [7, 11) is 0. The summed E-state index contributed by atoms with van der Waals surface area (Å²) in [4.78, 5) is 8.14. The van der Waals surface area contributed by atoms with Crippen molar-refractivity contribution in [1.82, 2.24) is 9.97 Å². The first kappa shape index (κ1) is 14.6. The molecule has 1 aromatic heterocycles. The Balaban J connectivity index is 2.28. The van der Waals surface area contributed by atoms with E-state index in [9.17, 15) is 13.2 Å². The summed E-state index contributed by atoms with van der Waals surface area (Å²) >= 11 is 5.83. The molecule has 0 fully saturated rings. The molecule has 0 aliphatic rings. The van der Waals surface area contributed by atoms with Crippen LogP contribution in [0, 0.1) is 0 Å². The van der Waals surface area contributed by atoms with Gasteiger partial charge in [-0.15, -0.1) is 0 Å². The van der Waals surface area contributed by atoms with Crippen molar-refractivity contribution < 1.29 is 13.2 Å². The van der Waals surface area contributed by atoms with Gasteiger partial charge in [0.15, 0.2) is 0 Å². The number of alkyl halides is 3. The van der Waals surface area contributed by atoms with Gasteiger partial charge in [0.2, 0.25) is 0 Å². The number of aromatic nitrogens is 2. The molecule has 2 aromatic rings. The van der Waals surface area contributed by atoms with Crippen LogP contribution in [0.15, 0.2) is 30.3 Å². The number of halogens is 4. The third kappa shape index (κ3) is 3.60. The molecule has 3 nitrogen and oxygen atoms in total. The number of nitrogens with one attached hydrogen (secondary N) is 1. The third-order valence-corrected chi connectivity index (χ3v) is 2.71. The quantitative estimate of drug-likeness (QED) is 0.851. The van der Waals surface area contributed by atoms with Crippen LogP contribution in [0.4, 0.5) is 24.7 Å². The van der Waals surface area contributed by atoms with Crippen molar-refractivity contribution in [3.63, 3.8) is 0 Å². The first-order valence-electron chi connectivity index (χ1n) is 5.86. The average Bonchev–Trinajstić information content (AvgIpc) is 2.37. The summed E-state index contributed by atoms with van der Waals surface area (Å²) < 4.78 is 37.8. The maximum atomic E-state index is 12.6. The molecular formula is C13H11ClF3N3. The van der Waals surface area contributed by atoms with Crippen molar-refractivity contribution in [2.45, 2.75) is 19.5 Å². The highest BCUT2D eigenvalue weighted by Crippen LogP contribution is 2.31. The van der Waals surface area contributed by atoms with E-state index in [0.717, 1.165) is 12.1 Å². The monoisotopic (exact) mass is 301 g/mol. The minimum atomic E-state index is -4.38. The Bertz CT molecular complexity index is 614. The molecule has 0 unspecified atom stereocenters. The molecule has 0 amide bonds. The maximum absolute atomic E-state index is 12.6. The lowest BCUT2D eigenvalue weighted by molar-refractivity contribution is -0.137. The van der Waals surface area contributed by atoms with E-state index in [2.05, 4.69) is 15.3 Å². The van der Waals surface area contributed by atoms with Crippen LogP contribution in [-0.4, -0.2) is 9.97 Å². The van der Waals surface area contributed by atoms with Crippen LogP contribution in [0.5, 0.6) is 0 Å². The number of benzene rings is 1. The lowest BCUT2D eigenvalue weighted by atomic mass is 10.2. The zero-order chi connectivity index (χ0) is 14.8. The minimum Gasteiger partial charge on any atom is -0.340 e. The van der Waals surface area contributed by atoms with Gasteiger partial charge in [-0.1, -0.05) is 24.6 Å². The van der Waals surface area contributed by atoms with E-state index in [1.165, 1.54) is 18.2 Å². The molecule has 0 bridgehead atoms. The van der Waals surface area contributed by atoms with Crippen molar-refractivity contribution >= 4 is 23.1 Å². The molecule has 0 atom stereocenters. The van der Waals surface area contributed by atoms with Crippen LogP contribution in [0.2, 0.25) is 5.15 Å². The van der Waals surface area contributed by atoms with E-state index in [-0.39, 0.29) is 10.8 Å². The Hall–Kier alpha value is -1.82. The Kier molecular flexibility index (Phi) is 4.13. The molecule has 0 aliphatic heterocycles. The van der Waals surface area contributed by atoms with Crippen LogP contribution in [0.25, 0.3) is 0 Å². The Morgan fingerprint density at radius 1 is 1.20 bits per heavy atom. The molecule has 0 radical (unpaired) electrons. The van der Waals surface area contributed by atoms with E-state index >= 15 is 0 Å². The summed E-state index contributed by atoms with van der Waals surface area (Å²) in [5.41, 5.74) is -0.435. The zero-order valence-electron chi connectivity index (χ0n) is 10.5. The molecule has 0 saturated heterocycles. The predicted molar refractivity (Wildman–Crippen MR) is 71.1 cm³/mol. The van der Waals surface area contributed by atoms with Crippen molar-refractivity contribution in [3.8, 4) is 0 Å². The zero-order valence-corrected chi connectivity index (χ0v) is 11.3. The largest absolute Gasteiger partial charge is 0.416 e. The molecule has 2 rings (SSSR count). The van der Waals surface area contributed by atoms with Crippen molar-refractivity contribution in [2.24, 2.45) is 0 Å². The normalized spacial score (nSPS) is 11.4. The van der Waals surface area contributed by atoms with Crippen LogP contribution >= 0.6 is 11.6 Å². The highest BCUT2D eigenvalue weighted by Gasteiger charge is 2.30. The number of hydrogen-bond donors (Lipinski definition) is 1. The number of aryl methyl sites for hydroxylation is 1. The van der Waals surface area contributed by atoms with E-state index in [4.69, 9.17) is 11.6 Å². The number of rotatable bonds is 3. The lowest BCUT2D eigenvalue weighted by Gasteiger charge is -2.10. The molecule has 7 heteroatoms. The summed E-state index contributed by atoms with van der Waals surface area (Å²) in [6.45, 7) is 1.86. The molecule has 0 saturated carbocycles. The lowest BCUT2D eigenvalue weighted by Crippen LogP contribution is -2.05. The van der Waals surface area contributed by atoms with E-state index in [1.54, 1.807) is 0 Å². The summed E-state index contributed by atoms with van der Waals surface area (Å²) in [5, 5.41) is 3.04. The second-order valence-corrected chi connectivity index (χ2v) is 4.44. The smallest absolute Gasteiger partial charge is 0.340 e. The van der Waals surface area contributed by atoms with Gasteiger partial charge in [-0.3, -0.25) is 0 Å². The minimum absolute atomic E-state index is 0.242. The summed E-state index contributed by atoms with van der Waals surface area (Å²) in [6, 6.07) is 6.34. The molecule has 1 heterocycles. The number of anilines is 2. The van der Waals surface area contributed by atoms with Crippen molar-refractivity contribution in [2.75, 3.05) is 5.32 Å². The Morgan fingerprint density at radius 2 is 1.95 bits per heavy atom. The van der Waals surface area contributed by atoms with Gasteiger partial charge in [-0.05, 0) is 18.2 Å². The molecule has 1 N–H and O–H groups in total. The van der Waals surface area contributed by atoms with E-state index in [1.807, 2.05) is 6.92 Å². The Morgan fingerprint density at radius 3 is 2.60 bits per heavy atom. The van der Waals surface area contributed by atoms with Crippen LogP contribution in [-0.2, 0) is 12.6 Å². The van der Waals surface area contributed by atoms with Crippen molar-refractivity contribution in [1.29, 1.82) is 0 Å². The average molecular weight is 302 g/mol. The molecule has 106 valence electrons. The van der Waals surface area contributed by atoms with Crippen molar-refractivity contribution in [3.05, 3.63) is 46.9 Å². The predicted octanol–water partition coefficient (Wildman–Crippen LogP) is 4.45. The fraction of sp³-hybridized carbons (Fsp3) is 0.231. The van der Waals surface area contributed by atoms with E-state index < -0.39 is 11.7 Å². The molecule has 0 spiro atoms. The molecule has 20 heavy (non-hydrogen) atoms. The SMILES string of the molecule is CCc1nc(Cl)cc(Nc2cccc(C(F)(F)F)c2)n1. The number of hydrogen-bond acceptors (Lipinski definition) is 3. The first-order valence-corrected chi connectivity index (χ1v) is 6.24. The van der Waals surface area contributed by atoms with Crippen LogP contribution < -0.4 is 5.32 Å². The topological polar surface area (TPSA) is 37.8 Å². The van der Waals surface area contributed by atoms with Gasteiger partial charge in [-0.25, -0.2) is 9.97 Å². The molecule has 0 aliphatic carbocycles. The van der Waals surface area contributed by atoms with Gasteiger partial charge in [0, 0.05) is 18.2 Å². The molecular weight excluding hydrogens is 291 g/mol. The fourth-order valence-electron chi connectivity index (χ4n) is 1.61. The Labute approximate surface area is 118 Å². The third-order valence-electron chi connectivity index (χ3n) is 2.52. The highest BCUT2D eigenvalue weighted by atomic mass is 35.5. The van der Waals surface area contributed by atoms with Gasteiger partial charge in [0.1, 0.15) is 16.8 Å². The number of nitrogens with zero attached hydrogens (tertiary/aromatic N) is 2. The van der Waals surface area contributed by atoms with Gasteiger partial charge >= 0.3 is 6.18 Å². The van der Waals surface area contributed by atoms with Gasteiger partial charge < -0.3 is 5.32 Å². The van der Waals surface area contributed by atoms with Gasteiger partial charge in [0.25, 0.3) is 0 Å². The summed E-state index contributed by atoms with van der Waals surface area (Å²) in [5.74, 6) is 0.883. The van der Waals surface area contributed by atoms with Crippen LogP contribution in [0.3, 0.4) is 0 Å². The second-order valence-electron chi connectivity index (χ2n) is 4.05. The molecule has 1 aromatic carbocycles. The van der Waals surface area contributed by atoms with Crippen LogP contribution in [0.1, 0.15) is 18.3 Å². The maximum Gasteiger partial charge on any atom is 0.416 e. The first-order chi connectivity index (χ1) is 9.38. The summed E-state index contributed by atoms with van der Waals surface area (Å²) in [6.07, 6.45) is -3.80. The van der Waals surface area contributed by atoms with Gasteiger partial charge in [-0.2, -0.15) is 13.2 Å². The van der Waals surface area contributed by atoms with E-state index in [0.29, 0.717) is 18.1 Å². The highest BCUT2D eigenvalue weighted by molar-refractivity contribution is 6.29. The second kappa shape index (κ2) is 5.66. The standard InChI is InChI=1S/C13H11ClF3N3/c1-2-11-19-10(14)7-12(20-11)18-9-5-3-4-8(6-9)13(15,16)17/h3-7H,2H2,1H3,(H,18,19,20). The van der Waals surface area contributed by atoms with Gasteiger partial charge in [0.05, 0.1) is 5.56 Å². The fourth-order valence-corrected chi connectivity index (χ4v) is 1.81.